The van der Waals surface area contributed by atoms with Gasteiger partial charge in [-0.05, 0) is 39.2 Å². The van der Waals surface area contributed by atoms with Crippen LogP contribution in [0.1, 0.15) is 65.7 Å². The summed E-state index contributed by atoms with van der Waals surface area (Å²) in [6.45, 7) is 5.71. The zero-order valence-corrected chi connectivity index (χ0v) is 20.6. The van der Waals surface area contributed by atoms with E-state index in [1.54, 1.807) is 20.8 Å². The molecule has 5 N–H and O–H groups in total. The zero-order valence-electron chi connectivity index (χ0n) is 19.7. The first-order valence-electron chi connectivity index (χ1n) is 11.4. The Morgan fingerprint density at radius 2 is 1.88 bits per heavy atom. The fraction of sp³-hybridized carbons (Fsp3) is 0.818. The van der Waals surface area contributed by atoms with E-state index in [4.69, 9.17) is 0 Å². The molecule has 0 aliphatic carbocycles. The first kappa shape index (κ1) is 28.2. The minimum absolute atomic E-state index is 0.00411. The van der Waals surface area contributed by atoms with Crippen LogP contribution in [0.3, 0.4) is 0 Å². The van der Waals surface area contributed by atoms with Crippen molar-refractivity contribution in [2.75, 3.05) is 19.3 Å². The molecule has 0 saturated carbocycles. The topological polar surface area (TPSA) is 137 Å². The van der Waals surface area contributed by atoms with Gasteiger partial charge in [0, 0.05) is 35.4 Å². The van der Waals surface area contributed by atoms with E-state index < -0.39 is 17.4 Å². The number of hydrogen-bond donors (Lipinski definition) is 5. The third-order valence-electron chi connectivity index (χ3n) is 5.62. The van der Waals surface area contributed by atoms with Crippen LogP contribution in [0.4, 0.5) is 0 Å². The van der Waals surface area contributed by atoms with Crippen LogP contribution in [0.15, 0.2) is 0 Å². The second-order valence-electron chi connectivity index (χ2n) is 9.28. The van der Waals surface area contributed by atoms with Crippen molar-refractivity contribution in [3.05, 3.63) is 0 Å². The molecule has 0 bridgehead atoms. The smallest absolute Gasteiger partial charge is 0.326 e. The number of unbranched alkanes of at least 4 members (excludes halogenated alkanes) is 2. The highest BCUT2D eigenvalue weighted by atomic mass is 32.2. The van der Waals surface area contributed by atoms with Crippen molar-refractivity contribution in [1.29, 1.82) is 0 Å². The van der Waals surface area contributed by atoms with Crippen molar-refractivity contribution in [3.8, 4) is 0 Å². The Bertz CT molecular complexity index is 626. The van der Waals surface area contributed by atoms with Crippen molar-refractivity contribution in [3.63, 3.8) is 0 Å². The standard InChI is InChI=1S/C22H40N4O5S/c1-22(2,3)21(31)26-15(20(29)30)9-7-8-12-24-18(28)11-6-5-10-17-19(25-14-27)16(23-4)13-32-17/h14-17,19,23H,5-13H2,1-4H3,(H,24,28)(H,25,27)(H,26,31)(H,29,30). The molecule has 1 aliphatic rings. The van der Waals surface area contributed by atoms with Gasteiger partial charge in [-0.1, -0.05) is 27.2 Å². The molecule has 9 nitrogen and oxygen atoms in total. The second-order valence-corrected chi connectivity index (χ2v) is 10.6. The molecule has 0 aromatic carbocycles. The van der Waals surface area contributed by atoms with E-state index in [1.165, 1.54) is 0 Å². The summed E-state index contributed by atoms with van der Waals surface area (Å²) in [5.41, 5.74) is -0.640. The number of carbonyl (C=O) groups excluding carboxylic acids is 3. The molecule has 1 fully saturated rings. The van der Waals surface area contributed by atoms with Crippen LogP contribution in [0.2, 0.25) is 0 Å². The van der Waals surface area contributed by atoms with Crippen LogP contribution in [0.25, 0.3) is 0 Å². The predicted octanol–water partition coefficient (Wildman–Crippen LogP) is 1.27. The molecule has 184 valence electrons. The fourth-order valence-electron chi connectivity index (χ4n) is 3.57. The molecule has 10 heteroatoms. The molecule has 0 radical (unpaired) electrons. The summed E-state index contributed by atoms with van der Waals surface area (Å²) >= 11 is 1.86. The minimum atomic E-state index is -1.04. The van der Waals surface area contributed by atoms with Gasteiger partial charge in [0.1, 0.15) is 6.04 Å². The average Bonchev–Trinajstić information content (AvgIpc) is 3.11. The van der Waals surface area contributed by atoms with Gasteiger partial charge in [-0.2, -0.15) is 11.8 Å². The summed E-state index contributed by atoms with van der Waals surface area (Å²) in [6.07, 6.45) is 5.47. The Hall–Kier alpha value is -1.81. The largest absolute Gasteiger partial charge is 0.480 e. The Labute approximate surface area is 195 Å². The van der Waals surface area contributed by atoms with E-state index in [9.17, 15) is 24.3 Å². The summed E-state index contributed by atoms with van der Waals surface area (Å²) in [7, 11) is 1.90. The zero-order chi connectivity index (χ0) is 24.1. The molecule has 1 rings (SSSR count). The maximum absolute atomic E-state index is 12.0. The molecule has 0 aromatic rings. The van der Waals surface area contributed by atoms with E-state index >= 15 is 0 Å². The Morgan fingerprint density at radius 1 is 1.16 bits per heavy atom. The Balaban J connectivity index is 2.17. The third-order valence-corrected chi connectivity index (χ3v) is 7.13. The van der Waals surface area contributed by atoms with E-state index in [0.717, 1.165) is 31.4 Å². The highest BCUT2D eigenvalue weighted by Crippen LogP contribution is 2.31. The molecule has 1 saturated heterocycles. The fourth-order valence-corrected chi connectivity index (χ4v) is 5.21. The van der Waals surface area contributed by atoms with E-state index in [1.807, 2.05) is 18.8 Å². The molecular formula is C22H40N4O5S. The van der Waals surface area contributed by atoms with Gasteiger partial charge in [0.05, 0.1) is 6.04 Å². The lowest BCUT2D eigenvalue weighted by molar-refractivity contribution is -0.143. The van der Waals surface area contributed by atoms with Gasteiger partial charge in [-0.25, -0.2) is 4.79 Å². The third kappa shape index (κ3) is 10.2. The minimum Gasteiger partial charge on any atom is -0.480 e. The number of carboxylic acids is 1. The normalized spacial score (nSPS) is 21.6. The van der Waals surface area contributed by atoms with Crippen LogP contribution in [0.5, 0.6) is 0 Å². The van der Waals surface area contributed by atoms with Gasteiger partial charge in [-0.3, -0.25) is 14.4 Å². The number of rotatable bonds is 15. The van der Waals surface area contributed by atoms with Crippen molar-refractivity contribution >= 4 is 36.0 Å². The number of thioether (sulfide) groups is 1. The number of aliphatic carboxylic acids is 1. The van der Waals surface area contributed by atoms with Crippen molar-refractivity contribution in [2.24, 2.45) is 5.41 Å². The number of likely N-dealkylation sites (N-methyl/N-ethyl adjacent to an activating group) is 1. The van der Waals surface area contributed by atoms with Crippen molar-refractivity contribution in [1.82, 2.24) is 21.3 Å². The van der Waals surface area contributed by atoms with Gasteiger partial charge >= 0.3 is 5.97 Å². The van der Waals surface area contributed by atoms with Gasteiger partial charge in [0.25, 0.3) is 0 Å². The number of nitrogens with one attached hydrogen (secondary N) is 4. The highest BCUT2D eigenvalue weighted by molar-refractivity contribution is 8.00. The second kappa shape index (κ2) is 14.4. The molecular weight excluding hydrogens is 432 g/mol. The molecule has 4 unspecified atom stereocenters. The van der Waals surface area contributed by atoms with Crippen molar-refractivity contribution in [2.45, 2.75) is 89.1 Å². The quantitative estimate of drug-likeness (QED) is 0.179. The maximum atomic E-state index is 12.0. The summed E-state index contributed by atoms with van der Waals surface area (Å²) in [5, 5.41) is 21.3. The first-order valence-corrected chi connectivity index (χ1v) is 12.4. The van der Waals surface area contributed by atoms with Gasteiger partial charge in [0.2, 0.25) is 18.2 Å². The molecule has 32 heavy (non-hydrogen) atoms. The summed E-state index contributed by atoms with van der Waals surface area (Å²) in [5.74, 6) is -0.367. The van der Waals surface area contributed by atoms with Gasteiger partial charge in [-0.15, -0.1) is 0 Å². The molecule has 4 atom stereocenters. The Morgan fingerprint density at radius 3 is 2.47 bits per heavy atom. The van der Waals surface area contributed by atoms with Crippen LogP contribution in [0, 0.1) is 5.41 Å². The van der Waals surface area contributed by atoms with Crippen LogP contribution in [-0.2, 0) is 19.2 Å². The van der Waals surface area contributed by atoms with Crippen LogP contribution in [-0.4, -0.2) is 72.0 Å². The lowest BCUT2D eigenvalue weighted by atomic mass is 9.95. The summed E-state index contributed by atoms with van der Waals surface area (Å²) < 4.78 is 0. The highest BCUT2D eigenvalue weighted by Gasteiger charge is 2.35. The molecule has 0 spiro atoms. The SMILES string of the molecule is CNC1CSC(CCCCC(=O)NCCCCC(NC(=O)C(C)(C)C)C(=O)O)C1NC=O. The van der Waals surface area contributed by atoms with Crippen LogP contribution < -0.4 is 21.3 Å². The lowest BCUT2D eigenvalue weighted by Gasteiger charge is -2.22. The number of carbonyl (C=O) groups is 4. The Kier molecular flexibility index (Phi) is 12.7. The molecule has 1 heterocycles. The lowest BCUT2D eigenvalue weighted by Crippen LogP contribution is -2.48. The van der Waals surface area contributed by atoms with E-state index in [2.05, 4.69) is 21.3 Å². The molecule has 3 amide bonds. The maximum Gasteiger partial charge on any atom is 0.326 e. The summed E-state index contributed by atoms with van der Waals surface area (Å²) in [6, 6.07) is -0.508. The monoisotopic (exact) mass is 472 g/mol. The average molecular weight is 473 g/mol. The van der Waals surface area contributed by atoms with Gasteiger partial charge in [0.15, 0.2) is 0 Å². The van der Waals surface area contributed by atoms with Crippen molar-refractivity contribution < 1.29 is 24.3 Å². The van der Waals surface area contributed by atoms with E-state index in [0.29, 0.717) is 37.5 Å². The van der Waals surface area contributed by atoms with E-state index in [-0.39, 0.29) is 23.9 Å². The first-order chi connectivity index (χ1) is 15.1. The molecule has 0 aromatic heterocycles. The predicted molar refractivity (Wildman–Crippen MR) is 126 cm³/mol. The van der Waals surface area contributed by atoms with Gasteiger partial charge < -0.3 is 26.4 Å². The number of hydrogen-bond acceptors (Lipinski definition) is 6. The molecule has 1 aliphatic heterocycles. The van der Waals surface area contributed by atoms with Crippen LogP contribution >= 0.6 is 11.8 Å². The number of carboxylic acid groups (broad SMARTS) is 1. The number of amides is 3. The summed E-state index contributed by atoms with van der Waals surface area (Å²) in [4.78, 5) is 46.2.